The Hall–Kier alpha value is -4.24. The summed E-state index contributed by atoms with van der Waals surface area (Å²) in [5.74, 6) is 0.513. The molecule has 3 aromatic carbocycles. The second kappa shape index (κ2) is 8.86. The van der Waals surface area contributed by atoms with Gasteiger partial charge in [-0.25, -0.2) is 4.79 Å². The molecule has 1 aliphatic rings. The number of nitrogens with zero attached hydrogens (tertiary/aromatic N) is 1. The maximum absolute atomic E-state index is 12.6. The molecule has 0 aromatic heterocycles. The number of benzene rings is 3. The fraction of sp³-hybridized carbons (Fsp3) is 0.154. The summed E-state index contributed by atoms with van der Waals surface area (Å²) in [6.07, 6.45) is 0. The van der Waals surface area contributed by atoms with E-state index in [1.54, 1.807) is 42.5 Å². The maximum atomic E-state index is 12.6. The highest BCUT2D eigenvalue weighted by atomic mass is 16.5. The molecule has 3 aromatic rings. The van der Waals surface area contributed by atoms with E-state index in [0.717, 1.165) is 16.7 Å². The fourth-order valence-electron chi connectivity index (χ4n) is 3.65. The van der Waals surface area contributed by atoms with Crippen molar-refractivity contribution < 1.29 is 19.0 Å². The van der Waals surface area contributed by atoms with Crippen molar-refractivity contribution in [3.05, 3.63) is 100 Å². The minimum Gasteiger partial charge on any atom is -0.494 e. The first kappa shape index (κ1) is 21.0. The van der Waals surface area contributed by atoms with Gasteiger partial charge in [-0.05, 0) is 43.7 Å². The van der Waals surface area contributed by atoms with Gasteiger partial charge >= 0.3 is 5.97 Å². The number of fused-ring (bicyclic) bond motifs is 1. The van der Waals surface area contributed by atoms with E-state index < -0.39 is 5.97 Å². The summed E-state index contributed by atoms with van der Waals surface area (Å²) >= 11 is 0. The zero-order valence-corrected chi connectivity index (χ0v) is 17.8. The molecule has 6 nitrogen and oxygen atoms in total. The lowest BCUT2D eigenvalue weighted by Gasteiger charge is -2.26. The van der Waals surface area contributed by atoms with Crippen LogP contribution < -0.4 is 19.9 Å². The van der Waals surface area contributed by atoms with Gasteiger partial charge in [-0.2, -0.15) is 5.26 Å². The summed E-state index contributed by atoms with van der Waals surface area (Å²) in [5.41, 5.74) is 9.60. The van der Waals surface area contributed by atoms with Crippen molar-refractivity contribution in [2.45, 2.75) is 19.8 Å². The third kappa shape index (κ3) is 4.14. The van der Waals surface area contributed by atoms with Gasteiger partial charge in [0.05, 0.1) is 18.1 Å². The highest BCUT2D eigenvalue weighted by Gasteiger charge is 2.31. The Morgan fingerprint density at radius 1 is 1.09 bits per heavy atom. The van der Waals surface area contributed by atoms with Crippen LogP contribution in [0.2, 0.25) is 0 Å². The molecular formula is C26H22N2O4. The quantitative estimate of drug-likeness (QED) is 0.464. The van der Waals surface area contributed by atoms with E-state index in [0.29, 0.717) is 35.0 Å². The molecule has 0 radical (unpaired) electrons. The number of aryl methyl sites for hydroxylation is 1. The summed E-state index contributed by atoms with van der Waals surface area (Å²) in [6, 6.07) is 22.0. The lowest BCUT2D eigenvalue weighted by atomic mass is 9.83. The van der Waals surface area contributed by atoms with Crippen molar-refractivity contribution in [3.8, 4) is 23.3 Å². The number of carbonyl (C=O) groups excluding carboxylic acids is 1. The molecule has 32 heavy (non-hydrogen) atoms. The topological polar surface area (TPSA) is 94.6 Å². The number of ether oxygens (including phenoxy) is 3. The van der Waals surface area contributed by atoms with Gasteiger partial charge < -0.3 is 19.9 Å². The van der Waals surface area contributed by atoms with E-state index in [1.165, 1.54) is 0 Å². The number of esters is 1. The number of nitrogens with two attached hydrogens (primary N) is 1. The molecule has 2 N–H and O–H groups in total. The zero-order valence-electron chi connectivity index (χ0n) is 17.8. The first-order valence-corrected chi connectivity index (χ1v) is 10.2. The van der Waals surface area contributed by atoms with Crippen LogP contribution in [0.3, 0.4) is 0 Å². The highest BCUT2D eigenvalue weighted by molar-refractivity contribution is 5.91. The van der Waals surface area contributed by atoms with E-state index in [9.17, 15) is 10.1 Å². The summed E-state index contributed by atoms with van der Waals surface area (Å²) in [6.45, 7) is 4.38. The largest absolute Gasteiger partial charge is 0.494 e. The van der Waals surface area contributed by atoms with Crippen LogP contribution in [-0.4, -0.2) is 12.6 Å². The van der Waals surface area contributed by atoms with Gasteiger partial charge in [-0.15, -0.1) is 0 Å². The SMILES string of the molecule is CCOc1cccc(C(=O)Oc2ccc3c(c2)OC(N)=C(C#N)C3c2ccc(C)cc2)c1. The molecule has 0 aliphatic carbocycles. The standard InChI is InChI=1S/C26H22N2O4/c1-3-30-19-6-4-5-18(13-19)26(29)31-20-11-12-21-23(14-20)32-25(28)22(15-27)24(21)17-9-7-16(2)8-10-17/h4-14,24H,3,28H2,1-2H3. The molecule has 0 spiro atoms. The van der Waals surface area contributed by atoms with E-state index in [-0.39, 0.29) is 11.8 Å². The van der Waals surface area contributed by atoms with E-state index in [2.05, 4.69) is 6.07 Å². The average Bonchev–Trinajstić information content (AvgIpc) is 2.79. The number of rotatable bonds is 5. The number of hydrogen-bond acceptors (Lipinski definition) is 6. The fourth-order valence-corrected chi connectivity index (χ4v) is 3.65. The lowest BCUT2D eigenvalue weighted by Crippen LogP contribution is -2.21. The van der Waals surface area contributed by atoms with Crippen LogP contribution in [-0.2, 0) is 0 Å². The van der Waals surface area contributed by atoms with Gasteiger partial charge in [-0.3, -0.25) is 0 Å². The molecule has 0 saturated carbocycles. The van der Waals surface area contributed by atoms with Crippen molar-refractivity contribution in [2.24, 2.45) is 5.73 Å². The Labute approximate surface area is 186 Å². The van der Waals surface area contributed by atoms with E-state index in [4.69, 9.17) is 19.9 Å². The molecule has 6 heteroatoms. The third-order valence-corrected chi connectivity index (χ3v) is 5.19. The molecule has 0 saturated heterocycles. The average molecular weight is 426 g/mol. The van der Waals surface area contributed by atoms with Crippen LogP contribution in [0.25, 0.3) is 0 Å². The Bertz CT molecular complexity index is 1240. The molecule has 160 valence electrons. The molecule has 1 unspecified atom stereocenters. The predicted molar refractivity (Wildman–Crippen MR) is 119 cm³/mol. The Balaban J connectivity index is 1.64. The van der Waals surface area contributed by atoms with Crippen LogP contribution in [0.15, 0.2) is 78.2 Å². The summed E-state index contributed by atoms with van der Waals surface area (Å²) in [7, 11) is 0. The predicted octanol–water partition coefficient (Wildman–Crippen LogP) is 4.83. The third-order valence-electron chi connectivity index (χ3n) is 5.19. The van der Waals surface area contributed by atoms with E-state index >= 15 is 0 Å². The van der Waals surface area contributed by atoms with E-state index in [1.807, 2.05) is 38.1 Å². The van der Waals surface area contributed by atoms with Crippen LogP contribution in [0.5, 0.6) is 17.2 Å². The molecular weight excluding hydrogens is 404 g/mol. The highest BCUT2D eigenvalue weighted by Crippen LogP contribution is 2.43. The smallest absolute Gasteiger partial charge is 0.343 e. The molecule has 0 fully saturated rings. The lowest BCUT2D eigenvalue weighted by molar-refractivity contribution is 0.0734. The number of hydrogen-bond donors (Lipinski definition) is 1. The molecule has 1 aliphatic heterocycles. The normalized spacial score (nSPS) is 14.7. The summed E-state index contributed by atoms with van der Waals surface area (Å²) in [5, 5.41) is 9.69. The summed E-state index contributed by atoms with van der Waals surface area (Å²) < 4.78 is 16.7. The summed E-state index contributed by atoms with van der Waals surface area (Å²) in [4.78, 5) is 12.6. The number of allylic oxidation sites excluding steroid dienone is 1. The first-order chi connectivity index (χ1) is 15.5. The second-order valence-corrected chi connectivity index (χ2v) is 7.39. The van der Waals surface area contributed by atoms with Gasteiger partial charge in [0.2, 0.25) is 5.88 Å². The molecule has 4 rings (SSSR count). The van der Waals surface area contributed by atoms with Crippen molar-refractivity contribution in [3.63, 3.8) is 0 Å². The molecule has 0 amide bonds. The van der Waals surface area contributed by atoms with Crippen LogP contribution in [0.4, 0.5) is 0 Å². The van der Waals surface area contributed by atoms with Crippen molar-refractivity contribution >= 4 is 5.97 Å². The Morgan fingerprint density at radius 2 is 1.88 bits per heavy atom. The van der Waals surface area contributed by atoms with Gasteiger partial charge in [0.1, 0.15) is 28.9 Å². The molecule has 1 heterocycles. The van der Waals surface area contributed by atoms with Crippen LogP contribution >= 0.6 is 0 Å². The number of carbonyl (C=O) groups is 1. The second-order valence-electron chi connectivity index (χ2n) is 7.39. The minimum atomic E-state index is -0.515. The number of nitriles is 1. The maximum Gasteiger partial charge on any atom is 0.343 e. The Morgan fingerprint density at radius 3 is 2.59 bits per heavy atom. The monoisotopic (exact) mass is 426 g/mol. The van der Waals surface area contributed by atoms with Gasteiger partial charge in [0, 0.05) is 11.6 Å². The molecule has 0 bridgehead atoms. The van der Waals surface area contributed by atoms with Crippen LogP contribution in [0, 0.1) is 18.3 Å². The van der Waals surface area contributed by atoms with Gasteiger partial charge in [-0.1, -0.05) is 42.0 Å². The van der Waals surface area contributed by atoms with Crippen molar-refractivity contribution in [2.75, 3.05) is 6.61 Å². The van der Waals surface area contributed by atoms with Crippen LogP contribution in [0.1, 0.15) is 39.9 Å². The van der Waals surface area contributed by atoms with Gasteiger partial charge in [0.15, 0.2) is 0 Å². The first-order valence-electron chi connectivity index (χ1n) is 10.2. The minimum absolute atomic E-state index is 0.0402. The zero-order chi connectivity index (χ0) is 22.7. The molecule has 1 atom stereocenters. The van der Waals surface area contributed by atoms with Gasteiger partial charge in [0.25, 0.3) is 0 Å². The van der Waals surface area contributed by atoms with Crippen molar-refractivity contribution in [1.82, 2.24) is 0 Å². The Kier molecular flexibility index (Phi) is 5.82. The van der Waals surface area contributed by atoms with Crippen molar-refractivity contribution in [1.29, 1.82) is 5.26 Å².